The minimum atomic E-state index is -2.17. The molecule has 3 nitrogen and oxygen atoms in total. The predicted molar refractivity (Wildman–Crippen MR) is 21.5 cm³/mol. The van der Waals surface area contributed by atoms with Gasteiger partial charge in [0.05, 0.1) is 0 Å². The van der Waals surface area contributed by atoms with Gasteiger partial charge in [-0.3, -0.25) is 0 Å². The van der Waals surface area contributed by atoms with E-state index in [1.807, 2.05) is 0 Å². The van der Waals surface area contributed by atoms with Crippen LogP contribution in [-0.2, 0) is 0 Å². The smallest absolute Gasteiger partial charge is 1.00 e. The first-order chi connectivity index (χ1) is 1.73. The SMILES string of the molecule is OB(O)O.[Ba+2].[H-].[H-].[H-].[Li+].[Nd]. The summed E-state index contributed by atoms with van der Waals surface area (Å²) >= 11 is 0. The van der Waals surface area contributed by atoms with E-state index in [9.17, 15) is 0 Å². The Kier molecular flexibility index (Phi) is 52.0. The zero-order chi connectivity index (χ0) is 3.58. The summed E-state index contributed by atoms with van der Waals surface area (Å²) in [5.74, 6) is 0. The molecule has 0 radical (unpaired) electrons. The van der Waals surface area contributed by atoms with Gasteiger partial charge >= 0.3 is 75.1 Å². The van der Waals surface area contributed by atoms with Gasteiger partial charge in [-0.15, -0.1) is 0 Å². The van der Waals surface area contributed by atoms with Crippen molar-refractivity contribution < 1.29 is 79.1 Å². The Morgan fingerprint density at radius 1 is 1.14 bits per heavy atom. The Balaban J connectivity index is -0.00000000300. The van der Waals surface area contributed by atoms with Crippen LogP contribution in [0.15, 0.2) is 0 Å². The summed E-state index contributed by atoms with van der Waals surface area (Å²) < 4.78 is 0. The molecule has 7 heteroatoms. The quantitative estimate of drug-likeness (QED) is 0.382. The average Bonchev–Trinajstić information content (AvgIpc) is 0.811. The maximum atomic E-state index is 7.17. The fourth-order valence-electron chi connectivity index (χ4n) is 0. The van der Waals surface area contributed by atoms with E-state index >= 15 is 0 Å². The van der Waals surface area contributed by atoms with Crippen molar-refractivity contribution in [3.8, 4) is 0 Å². The standard InChI is InChI=1S/BH3O3.Ba.Li.Nd.3H/c2-1(3)4;;;;;;/h2-4H;;;;;;/q;+2;+1;;3*-1. The molecule has 0 saturated carbocycles. The molecule has 7 heavy (non-hydrogen) atoms. The summed E-state index contributed by atoms with van der Waals surface area (Å²) in [5.41, 5.74) is 0. The normalized spacial score (nSPS) is 3.86. The fourth-order valence-corrected chi connectivity index (χ4v) is 0. The Labute approximate surface area is 132 Å². The summed E-state index contributed by atoms with van der Waals surface area (Å²) in [6, 6.07) is 0. The van der Waals surface area contributed by atoms with Gasteiger partial charge in [-0.2, -0.15) is 0 Å². The van der Waals surface area contributed by atoms with Crippen molar-refractivity contribution in [3.63, 3.8) is 0 Å². The van der Waals surface area contributed by atoms with E-state index in [0.29, 0.717) is 0 Å². The molecule has 0 amide bonds. The summed E-state index contributed by atoms with van der Waals surface area (Å²) in [4.78, 5) is 0. The van der Waals surface area contributed by atoms with Gasteiger partial charge in [-0.25, -0.2) is 0 Å². The van der Waals surface area contributed by atoms with Crippen LogP contribution >= 0.6 is 0 Å². The minimum absolute atomic E-state index is 0. The molecule has 0 aliphatic carbocycles. The molecule has 0 spiro atoms. The minimum Gasteiger partial charge on any atom is -1.00 e. The third kappa shape index (κ3) is 43.9. The summed E-state index contributed by atoms with van der Waals surface area (Å²) in [7, 11) is -2.17. The first-order valence-electron chi connectivity index (χ1n) is 0.775. The molecular formula is H6BBaLiNdO3. The van der Waals surface area contributed by atoms with E-state index in [0.717, 1.165) is 0 Å². The van der Waals surface area contributed by atoms with Crippen LogP contribution in [0.5, 0.6) is 0 Å². The molecule has 0 aromatic heterocycles. The molecule has 0 aliphatic heterocycles. The predicted octanol–water partition coefficient (Wildman–Crippen LogP) is -5.09. The van der Waals surface area contributed by atoms with E-state index in [1.165, 1.54) is 0 Å². The van der Waals surface area contributed by atoms with Crippen LogP contribution in [0.1, 0.15) is 4.28 Å². The van der Waals surface area contributed by atoms with Crippen molar-refractivity contribution in [1.29, 1.82) is 0 Å². The average molecular weight is 353 g/mol. The molecular weight excluding hydrogens is 347 g/mol. The van der Waals surface area contributed by atoms with Crippen molar-refractivity contribution in [2.45, 2.75) is 0 Å². The first kappa shape index (κ1) is 22.4. The van der Waals surface area contributed by atoms with Gasteiger partial charge in [0, 0.05) is 40.8 Å². The molecule has 0 unspecified atom stereocenters. The fraction of sp³-hybridized carbons (Fsp3) is 0. The van der Waals surface area contributed by atoms with E-state index in [2.05, 4.69) is 0 Å². The summed E-state index contributed by atoms with van der Waals surface area (Å²) in [5, 5.41) is 21.5. The second-order valence-corrected chi connectivity index (χ2v) is 0.346. The van der Waals surface area contributed by atoms with Gasteiger partial charge in [-0.05, 0) is 0 Å². The largest absolute Gasteiger partial charge is 2.00 e. The molecule has 0 heterocycles. The van der Waals surface area contributed by atoms with Crippen molar-refractivity contribution in [2.75, 3.05) is 0 Å². The van der Waals surface area contributed by atoms with Gasteiger partial charge in [0.25, 0.3) is 0 Å². The molecule has 0 aliphatic rings. The third-order valence-corrected chi connectivity index (χ3v) is 0. The Hall–Kier alpha value is 3.46. The van der Waals surface area contributed by atoms with Crippen LogP contribution in [0.3, 0.4) is 0 Å². The monoisotopic (exact) mass is 352 g/mol. The molecule has 0 rings (SSSR count). The third-order valence-electron chi connectivity index (χ3n) is 0. The second-order valence-electron chi connectivity index (χ2n) is 0.346. The van der Waals surface area contributed by atoms with Crippen LogP contribution in [-0.4, -0.2) is 71.3 Å². The van der Waals surface area contributed by atoms with E-state index < -0.39 is 7.32 Å². The van der Waals surface area contributed by atoms with Crippen LogP contribution in [0.4, 0.5) is 0 Å². The molecule has 0 bridgehead atoms. The van der Waals surface area contributed by atoms with Crippen LogP contribution < -0.4 is 18.9 Å². The second kappa shape index (κ2) is 16.2. The molecule has 0 fully saturated rings. The van der Waals surface area contributed by atoms with E-state index in [4.69, 9.17) is 15.1 Å². The van der Waals surface area contributed by atoms with Crippen LogP contribution in [0, 0.1) is 40.8 Å². The zero-order valence-electron chi connectivity index (χ0n) is 7.13. The maximum absolute atomic E-state index is 7.17. The molecule has 0 aromatic rings. The Bertz CT molecular complexity index is 28.5. The summed E-state index contributed by atoms with van der Waals surface area (Å²) in [6.45, 7) is 0. The van der Waals surface area contributed by atoms with Crippen molar-refractivity contribution >= 4 is 56.2 Å². The molecule has 3 N–H and O–H groups in total. The van der Waals surface area contributed by atoms with Crippen molar-refractivity contribution in [3.05, 3.63) is 0 Å². The van der Waals surface area contributed by atoms with Crippen LogP contribution in [0.25, 0.3) is 0 Å². The zero-order valence-corrected chi connectivity index (χ0v) is 11.8. The molecule has 0 atom stereocenters. The molecule has 0 aromatic carbocycles. The van der Waals surface area contributed by atoms with Crippen LogP contribution in [0.2, 0.25) is 0 Å². The number of hydrogen-bond acceptors (Lipinski definition) is 3. The molecule has 0 saturated heterocycles. The van der Waals surface area contributed by atoms with E-state index in [1.54, 1.807) is 0 Å². The first-order valence-corrected chi connectivity index (χ1v) is 0.775. The number of hydrogen-bond donors (Lipinski definition) is 3. The van der Waals surface area contributed by atoms with Gasteiger partial charge in [-0.1, -0.05) is 0 Å². The van der Waals surface area contributed by atoms with Gasteiger partial charge in [0.1, 0.15) is 0 Å². The Morgan fingerprint density at radius 2 is 1.14 bits per heavy atom. The summed E-state index contributed by atoms with van der Waals surface area (Å²) in [6.07, 6.45) is 0. The van der Waals surface area contributed by atoms with E-state index in [-0.39, 0.29) is 113 Å². The maximum Gasteiger partial charge on any atom is 2.00 e. The van der Waals surface area contributed by atoms with Crippen molar-refractivity contribution in [1.82, 2.24) is 0 Å². The van der Waals surface area contributed by atoms with Gasteiger partial charge in [0.2, 0.25) is 0 Å². The Morgan fingerprint density at radius 3 is 1.14 bits per heavy atom. The van der Waals surface area contributed by atoms with Gasteiger partial charge < -0.3 is 19.4 Å². The molecule has 34 valence electrons. The van der Waals surface area contributed by atoms with Gasteiger partial charge in [0.15, 0.2) is 0 Å². The topological polar surface area (TPSA) is 60.7 Å². The van der Waals surface area contributed by atoms with Crippen molar-refractivity contribution in [2.24, 2.45) is 0 Å². The number of rotatable bonds is 0.